The zero-order chi connectivity index (χ0) is 19.7. The number of methoxy groups -OCH3 is 1. The summed E-state index contributed by atoms with van der Waals surface area (Å²) in [5.41, 5.74) is 3.15. The second-order valence-electron chi connectivity index (χ2n) is 6.73. The van der Waals surface area contributed by atoms with Crippen molar-refractivity contribution in [1.82, 2.24) is 15.0 Å². The summed E-state index contributed by atoms with van der Waals surface area (Å²) in [5.74, 6) is 0.756. The minimum absolute atomic E-state index is 0.195. The van der Waals surface area contributed by atoms with Crippen LogP contribution in [0.4, 0.5) is 5.69 Å². The van der Waals surface area contributed by atoms with Crippen molar-refractivity contribution in [2.24, 2.45) is 0 Å². The zero-order valence-corrected chi connectivity index (χ0v) is 15.7. The van der Waals surface area contributed by atoms with Gasteiger partial charge in [0.05, 0.1) is 30.1 Å². The molecule has 1 heterocycles. The largest absolute Gasteiger partial charge is 0.497 e. The highest BCUT2D eigenvalue weighted by atomic mass is 16.5. The van der Waals surface area contributed by atoms with Crippen LogP contribution in [0, 0.1) is 11.3 Å². The van der Waals surface area contributed by atoms with E-state index in [0.717, 1.165) is 24.2 Å². The van der Waals surface area contributed by atoms with Gasteiger partial charge in [-0.1, -0.05) is 11.3 Å². The lowest BCUT2D eigenvalue weighted by molar-refractivity contribution is 0.0984. The minimum atomic E-state index is -0.195. The van der Waals surface area contributed by atoms with E-state index in [1.54, 1.807) is 48.0 Å². The standard InChI is InChI=1S/C21H19N5O2/c1-25(16-10-6-14(13-22)7-11-16)21(27)20-19(15-8-9-15)23-24-26(20)17-4-3-5-18(12-17)28-2/h3-7,10-12,15H,8-9H2,1-2H3. The van der Waals surface area contributed by atoms with Crippen LogP contribution in [0.1, 0.15) is 40.5 Å². The number of nitriles is 1. The molecule has 0 bridgehead atoms. The van der Waals surface area contributed by atoms with E-state index in [1.807, 2.05) is 24.3 Å². The molecule has 1 amide bonds. The van der Waals surface area contributed by atoms with E-state index in [-0.39, 0.29) is 11.8 Å². The molecule has 1 fully saturated rings. The number of nitrogens with zero attached hydrogens (tertiary/aromatic N) is 5. The Labute approximate surface area is 162 Å². The predicted molar refractivity (Wildman–Crippen MR) is 104 cm³/mol. The fraction of sp³-hybridized carbons (Fsp3) is 0.238. The van der Waals surface area contributed by atoms with E-state index in [9.17, 15) is 4.79 Å². The number of rotatable bonds is 5. The first kappa shape index (κ1) is 17.7. The van der Waals surface area contributed by atoms with E-state index < -0.39 is 0 Å². The molecule has 0 unspecified atom stereocenters. The third kappa shape index (κ3) is 3.21. The molecule has 7 heteroatoms. The number of benzene rings is 2. The maximum Gasteiger partial charge on any atom is 0.278 e. The molecule has 2 aromatic carbocycles. The van der Waals surface area contributed by atoms with Gasteiger partial charge in [-0.05, 0) is 49.2 Å². The van der Waals surface area contributed by atoms with Crippen molar-refractivity contribution in [3.05, 3.63) is 65.5 Å². The van der Waals surface area contributed by atoms with Gasteiger partial charge in [0.15, 0.2) is 5.69 Å². The van der Waals surface area contributed by atoms with Crippen LogP contribution in [0.25, 0.3) is 5.69 Å². The molecule has 0 saturated heterocycles. The third-order valence-electron chi connectivity index (χ3n) is 4.85. The summed E-state index contributed by atoms with van der Waals surface area (Å²) in [6.45, 7) is 0. The Hall–Kier alpha value is -3.66. The molecular formula is C21H19N5O2. The number of carbonyl (C=O) groups excluding carboxylic acids is 1. The number of carbonyl (C=O) groups is 1. The molecule has 0 N–H and O–H groups in total. The van der Waals surface area contributed by atoms with Crippen molar-refractivity contribution in [2.75, 3.05) is 19.1 Å². The topological polar surface area (TPSA) is 84.0 Å². The molecule has 3 aromatic rings. The van der Waals surface area contributed by atoms with Crippen molar-refractivity contribution in [1.29, 1.82) is 5.26 Å². The first-order valence-electron chi connectivity index (χ1n) is 9.00. The highest BCUT2D eigenvalue weighted by molar-refractivity contribution is 6.05. The Morgan fingerprint density at radius 1 is 1.25 bits per heavy atom. The lowest BCUT2D eigenvalue weighted by atomic mass is 10.1. The van der Waals surface area contributed by atoms with E-state index in [2.05, 4.69) is 16.4 Å². The summed E-state index contributed by atoms with van der Waals surface area (Å²) < 4.78 is 6.88. The molecule has 28 heavy (non-hydrogen) atoms. The lowest BCUT2D eigenvalue weighted by Gasteiger charge is -2.18. The Kier molecular flexibility index (Phi) is 4.53. The van der Waals surface area contributed by atoms with Gasteiger partial charge < -0.3 is 9.64 Å². The Balaban J connectivity index is 1.75. The summed E-state index contributed by atoms with van der Waals surface area (Å²) in [4.78, 5) is 14.9. The Morgan fingerprint density at radius 3 is 2.64 bits per heavy atom. The summed E-state index contributed by atoms with van der Waals surface area (Å²) in [6.07, 6.45) is 2.02. The Bertz CT molecular complexity index is 1060. The average molecular weight is 373 g/mol. The van der Waals surface area contributed by atoms with E-state index in [4.69, 9.17) is 10.00 Å². The molecule has 1 saturated carbocycles. The van der Waals surface area contributed by atoms with Crippen LogP contribution < -0.4 is 9.64 Å². The molecule has 1 aliphatic rings. The molecule has 1 aromatic heterocycles. The maximum atomic E-state index is 13.4. The monoisotopic (exact) mass is 373 g/mol. The first-order chi connectivity index (χ1) is 13.6. The first-order valence-corrected chi connectivity index (χ1v) is 9.00. The van der Waals surface area contributed by atoms with Crippen molar-refractivity contribution in [3.8, 4) is 17.5 Å². The SMILES string of the molecule is COc1cccc(-n2nnc(C3CC3)c2C(=O)N(C)c2ccc(C#N)cc2)c1. The van der Waals surface area contributed by atoms with Crippen LogP contribution in [-0.4, -0.2) is 35.1 Å². The van der Waals surface area contributed by atoms with E-state index in [0.29, 0.717) is 22.7 Å². The molecule has 140 valence electrons. The lowest BCUT2D eigenvalue weighted by Crippen LogP contribution is -2.29. The molecule has 0 spiro atoms. The van der Waals surface area contributed by atoms with Crippen molar-refractivity contribution < 1.29 is 9.53 Å². The van der Waals surface area contributed by atoms with Crippen molar-refractivity contribution >= 4 is 11.6 Å². The van der Waals surface area contributed by atoms with Gasteiger partial charge in [-0.2, -0.15) is 5.26 Å². The molecule has 0 atom stereocenters. The summed E-state index contributed by atoms with van der Waals surface area (Å²) >= 11 is 0. The number of amides is 1. The van der Waals surface area contributed by atoms with Gasteiger partial charge in [0.25, 0.3) is 5.91 Å². The van der Waals surface area contributed by atoms with Gasteiger partial charge in [-0.15, -0.1) is 5.10 Å². The van der Waals surface area contributed by atoms with Gasteiger partial charge in [-0.3, -0.25) is 4.79 Å². The second-order valence-corrected chi connectivity index (χ2v) is 6.73. The van der Waals surface area contributed by atoms with Crippen LogP contribution in [-0.2, 0) is 0 Å². The minimum Gasteiger partial charge on any atom is -0.497 e. The van der Waals surface area contributed by atoms with Crippen LogP contribution in [0.15, 0.2) is 48.5 Å². The number of ether oxygens (including phenoxy) is 1. The van der Waals surface area contributed by atoms with Gasteiger partial charge in [0.1, 0.15) is 5.75 Å². The fourth-order valence-electron chi connectivity index (χ4n) is 3.08. The second kappa shape index (κ2) is 7.16. The predicted octanol–water partition coefficient (Wildman–Crippen LogP) is 3.30. The summed E-state index contributed by atoms with van der Waals surface area (Å²) in [5, 5.41) is 17.6. The number of hydrogen-bond acceptors (Lipinski definition) is 5. The fourth-order valence-corrected chi connectivity index (χ4v) is 3.08. The molecular weight excluding hydrogens is 354 g/mol. The van der Waals surface area contributed by atoms with Crippen LogP contribution in [0.2, 0.25) is 0 Å². The van der Waals surface area contributed by atoms with E-state index >= 15 is 0 Å². The molecule has 0 aliphatic heterocycles. The normalized spacial score (nSPS) is 13.0. The van der Waals surface area contributed by atoms with Crippen LogP contribution in [0.3, 0.4) is 0 Å². The van der Waals surface area contributed by atoms with Crippen LogP contribution >= 0.6 is 0 Å². The smallest absolute Gasteiger partial charge is 0.278 e. The van der Waals surface area contributed by atoms with Gasteiger partial charge in [0.2, 0.25) is 0 Å². The van der Waals surface area contributed by atoms with E-state index in [1.165, 1.54) is 0 Å². The van der Waals surface area contributed by atoms with Gasteiger partial charge >= 0.3 is 0 Å². The maximum absolute atomic E-state index is 13.4. The highest BCUT2D eigenvalue weighted by Crippen LogP contribution is 2.41. The number of hydrogen-bond donors (Lipinski definition) is 0. The number of anilines is 1. The summed E-state index contributed by atoms with van der Waals surface area (Å²) in [7, 11) is 3.31. The quantitative estimate of drug-likeness (QED) is 0.685. The van der Waals surface area contributed by atoms with Crippen LogP contribution in [0.5, 0.6) is 5.75 Å². The summed E-state index contributed by atoms with van der Waals surface area (Å²) in [6, 6.07) is 16.4. The Morgan fingerprint density at radius 2 is 2.00 bits per heavy atom. The van der Waals surface area contributed by atoms with Gasteiger partial charge in [-0.25, -0.2) is 4.68 Å². The third-order valence-corrected chi connectivity index (χ3v) is 4.85. The van der Waals surface area contributed by atoms with Crippen molar-refractivity contribution in [2.45, 2.75) is 18.8 Å². The highest BCUT2D eigenvalue weighted by Gasteiger charge is 2.35. The molecule has 0 radical (unpaired) electrons. The number of aromatic nitrogens is 3. The zero-order valence-electron chi connectivity index (χ0n) is 15.7. The average Bonchev–Trinajstić information content (AvgIpc) is 3.50. The molecule has 4 rings (SSSR count). The van der Waals surface area contributed by atoms with Crippen molar-refractivity contribution in [3.63, 3.8) is 0 Å². The molecule has 1 aliphatic carbocycles. The van der Waals surface area contributed by atoms with Gasteiger partial charge in [0, 0.05) is 24.7 Å². The molecule has 7 nitrogen and oxygen atoms in total.